The maximum atomic E-state index is 6.26. The average Bonchev–Trinajstić information content (AvgIpc) is 2.03. The van der Waals surface area contributed by atoms with E-state index in [1.165, 1.54) is 12.8 Å². The Morgan fingerprint density at radius 3 is 2.08 bits per heavy atom. The van der Waals surface area contributed by atoms with E-state index in [0.29, 0.717) is 12.0 Å². The molecule has 0 aliphatic carbocycles. The Morgan fingerprint density at radius 1 is 1.31 bits per heavy atom. The van der Waals surface area contributed by atoms with Crippen molar-refractivity contribution in [3.05, 3.63) is 0 Å². The molecule has 2 nitrogen and oxygen atoms in total. The topological polar surface area (TPSA) is 29.3 Å². The van der Waals surface area contributed by atoms with Crippen molar-refractivity contribution >= 4 is 0 Å². The van der Waals surface area contributed by atoms with Gasteiger partial charge in [0.1, 0.15) is 0 Å². The lowest BCUT2D eigenvalue weighted by Crippen LogP contribution is -2.58. The maximum Gasteiger partial charge on any atom is 0.0681 e. The quantitative estimate of drug-likeness (QED) is 0.668. The summed E-state index contributed by atoms with van der Waals surface area (Å²) in [5, 5.41) is 0. The maximum absolute atomic E-state index is 6.26. The van der Waals surface area contributed by atoms with Crippen LogP contribution in [-0.4, -0.2) is 23.7 Å². The van der Waals surface area contributed by atoms with E-state index in [1.54, 1.807) is 0 Å². The highest BCUT2D eigenvalue weighted by Gasteiger charge is 2.30. The van der Waals surface area contributed by atoms with Gasteiger partial charge >= 0.3 is 0 Å². The van der Waals surface area contributed by atoms with E-state index in [0.717, 1.165) is 0 Å². The summed E-state index contributed by atoms with van der Waals surface area (Å²) >= 11 is 0. The Bertz CT molecular complexity index is 141. The molecule has 0 bridgehead atoms. The molecule has 0 aliphatic rings. The van der Waals surface area contributed by atoms with Gasteiger partial charge in [-0.1, -0.05) is 27.2 Å². The first kappa shape index (κ1) is 12.9. The second-order valence-corrected chi connectivity index (χ2v) is 4.63. The minimum atomic E-state index is -0.186. The molecule has 0 aromatic heterocycles. The van der Waals surface area contributed by atoms with Crippen LogP contribution in [0.5, 0.6) is 0 Å². The second kappa shape index (κ2) is 4.97. The van der Waals surface area contributed by atoms with Crippen LogP contribution in [0.25, 0.3) is 0 Å². The normalized spacial score (nSPS) is 19.2. The Balaban J connectivity index is 4.30. The molecule has 80 valence electrons. The lowest BCUT2D eigenvalue weighted by Gasteiger charge is -2.42. The largest absolute Gasteiger partial charge is 0.313 e. The molecule has 13 heavy (non-hydrogen) atoms. The molecule has 0 aliphatic heterocycles. The molecule has 0 aromatic carbocycles. The summed E-state index contributed by atoms with van der Waals surface area (Å²) < 4.78 is 0. The van der Waals surface area contributed by atoms with E-state index < -0.39 is 0 Å². The van der Waals surface area contributed by atoms with Crippen LogP contribution < -0.4 is 5.73 Å². The molecule has 2 atom stereocenters. The molecule has 2 unspecified atom stereocenters. The predicted molar refractivity (Wildman–Crippen MR) is 59.6 cm³/mol. The van der Waals surface area contributed by atoms with Crippen molar-refractivity contribution in [3.63, 3.8) is 0 Å². The molecule has 0 spiro atoms. The van der Waals surface area contributed by atoms with Crippen molar-refractivity contribution < 1.29 is 0 Å². The molecule has 0 saturated carbocycles. The first-order valence-corrected chi connectivity index (χ1v) is 5.35. The third-order valence-corrected chi connectivity index (χ3v) is 3.30. The Hall–Kier alpha value is -0.0800. The SMILES string of the molecule is CCCC(C)N(C)C(C)(N)C(C)C. The number of hydrogen-bond acceptors (Lipinski definition) is 2. The van der Waals surface area contributed by atoms with Gasteiger partial charge in [-0.15, -0.1) is 0 Å². The standard InChI is InChI=1S/C11H26N2/c1-7-8-10(4)13(6)11(5,12)9(2)3/h9-10H,7-8,12H2,1-6H3. The Morgan fingerprint density at radius 2 is 1.77 bits per heavy atom. The zero-order valence-corrected chi connectivity index (χ0v) is 10.1. The van der Waals surface area contributed by atoms with Crippen molar-refractivity contribution in [3.8, 4) is 0 Å². The number of rotatable bonds is 5. The van der Waals surface area contributed by atoms with Gasteiger partial charge in [-0.05, 0) is 33.2 Å². The highest BCUT2D eigenvalue weighted by atomic mass is 15.3. The van der Waals surface area contributed by atoms with Crippen LogP contribution in [0.4, 0.5) is 0 Å². The molecular formula is C11H26N2. The average molecular weight is 186 g/mol. The molecular weight excluding hydrogens is 160 g/mol. The summed E-state index contributed by atoms with van der Waals surface area (Å²) in [5.41, 5.74) is 6.07. The van der Waals surface area contributed by atoms with Gasteiger partial charge in [0.05, 0.1) is 5.66 Å². The van der Waals surface area contributed by atoms with Gasteiger partial charge in [0.2, 0.25) is 0 Å². The lowest BCUT2D eigenvalue weighted by atomic mass is 9.95. The minimum absolute atomic E-state index is 0.186. The van der Waals surface area contributed by atoms with Crippen molar-refractivity contribution in [2.45, 2.75) is 59.2 Å². The Kier molecular flexibility index (Phi) is 4.93. The van der Waals surface area contributed by atoms with Crippen molar-refractivity contribution in [2.75, 3.05) is 7.05 Å². The van der Waals surface area contributed by atoms with Crippen molar-refractivity contribution in [1.82, 2.24) is 4.90 Å². The van der Waals surface area contributed by atoms with E-state index in [4.69, 9.17) is 5.73 Å². The van der Waals surface area contributed by atoms with E-state index in [9.17, 15) is 0 Å². The highest BCUT2D eigenvalue weighted by Crippen LogP contribution is 2.20. The summed E-state index contributed by atoms with van der Waals surface area (Å²) in [4.78, 5) is 2.29. The fourth-order valence-corrected chi connectivity index (χ4v) is 1.49. The molecule has 0 aromatic rings. The van der Waals surface area contributed by atoms with Crippen LogP contribution >= 0.6 is 0 Å². The second-order valence-electron chi connectivity index (χ2n) is 4.63. The summed E-state index contributed by atoms with van der Waals surface area (Å²) in [5.74, 6) is 0.483. The van der Waals surface area contributed by atoms with Gasteiger partial charge in [-0.2, -0.15) is 0 Å². The number of nitrogens with two attached hydrogens (primary N) is 1. The number of nitrogens with zero attached hydrogens (tertiary/aromatic N) is 1. The highest BCUT2D eigenvalue weighted by molar-refractivity contribution is 4.83. The fraction of sp³-hybridized carbons (Fsp3) is 1.00. The zero-order valence-electron chi connectivity index (χ0n) is 10.1. The first-order valence-electron chi connectivity index (χ1n) is 5.35. The van der Waals surface area contributed by atoms with E-state index in [2.05, 4.69) is 46.6 Å². The molecule has 0 saturated heterocycles. The summed E-state index contributed by atoms with van der Waals surface area (Å²) in [7, 11) is 2.13. The molecule has 0 fully saturated rings. The van der Waals surface area contributed by atoms with Gasteiger partial charge in [0, 0.05) is 6.04 Å². The first-order chi connectivity index (χ1) is 5.84. The lowest BCUT2D eigenvalue weighted by molar-refractivity contribution is 0.0538. The molecule has 0 amide bonds. The molecule has 2 N–H and O–H groups in total. The van der Waals surface area contributed by atoms with Gasteiger partial charge in [-0.25, -0.2) is 0 Å². The van der Waals surface area contributed by atoms with Gasteiger partial charge < -0.3 is 5.73 Å². The van der Waals surface area contributed by atoms with Crippen molar-refractivity contribution in [2.24, 2.45) is 11.7 Å². The summed E-state index contributed by atoms with van der Waals surface area (Å²) in [6.45, 7) is 10.9. The molecule has 2 heteroatoms. The van der Waals surface area contributed by atoms with Crippen LogP contribution in [0, 0.1) is 5.92 Å². The third kappa shape index (κ3) is 3.28. The molecule has 0 radical (unpaired) electrons. The van der Waals surface area contributed by atoms with Crippen LogP contribution in [0.3, 0.4) is 0 Å². The third-order valence-electron chi connectivity index (χ3n) is 3.30. The van der Waals surface area contributed by atoms with Crippen LogP contribution in [0.15, 0.2) is 0 Å². The van der Waals surface area contributed by atoms with Crippen LogP contribution in [0.1, 0.15) is 47.5 Å². The minimum Gasteiger partial charge on any atom is -0.313 e. The predicted octanol–water partition coefficient (Wildman–Crippen LogP) is 2.44. The van der Waals surface area contributed by atoms with E-state index >= 15 is 0 Å². The number of hydrogen-bond donors (Lipinski definition) is 1. The summed E-state index contributed by atoms with van der Waals surface area (Å²) in [6, 6.07) is 0.572. The smallest absolute Gasteiger partial charge is 0.0681 e. The van der Waals surface area contributed by atoms with Gasteiger partial charge in [0.25, 0.3) is 0 Å². The Labute approximate surface area is 83.5 Å². The van der Waals surface area contributed by atoms with Gasteiger partial charge in [0.15, 0.2) is 0 Å². The molecule has 0 heterocycles. The van der Waals surface area contributed by atoms with Crippen molar-refractivity contribution in [1.29, 1.82) is 0 Å². The van der Waals surface area contributed by atoms with Crippen LogP contribution in [-0.2, 0) is 0 Å². The molecule has 0 rings (SSSR count). The van der Waals surface area contributed by atoms with E-state index in [1.807, 2.05) is 0 Å². The summed E-state index contributed by atoms with van der Waals surface area (Å²) in [6.07, 6.45) is 2.44. The van der Waals surface area contributed by atoms with Gasteiger partial charge in [-0.3, -0.25) is 4.90 Å². The van der Waals surface area contributed by atoms with Crippen LogP contribution in [0.2, 0.25) is 0 Å². The monoisotopic (exact) mass is 186 g/mol. The zero-order chi connectivity index (χ0) is 10.6. The van der Waals surface area contributed by atoms with E-state index in [-0.39, 0.29) is 5.66 Å². The fourth-order valence-electron chi connectivity index (χ4n) is 1.49.